The first-order chi connectivity index (χ1) is 11.9. The molecule has 0 aliphatic heterocycles. The molecule has 1 amide bonds. The third kappa shape index (κ3) is 3.57. The predicted octanol–water partition coefficient (Wildman–Crippen LogP) is 4.03. The van der Waals surface area contributed by atoms with Crippen molar-refractivity contribution in [2.45, 2.75) is 6.42 Å². The molecule has 0 aliphatic carbocycles. The van der Waals surface area contributed by atoms with Crippen molar-refractivity contribution in [1.29, 1.82) is 0 Å². The van der Waals surface area contributed by atoms with Crippen molar-refractivity contribution in [3.63, 3.8) is 0 Å². The third-order valence-corrected chi connectivity index (χ3v) is 3.95. The maximum atomic E-state index is 13.6. The fraction of sp³-hybridized carbons (Fsp3) is 0.125. The molecule has 0 atom stereocenters. The van der Waals surface area contributed by atoms with E-state index in [1.54, 1.807) is 22.9 Å². The molecule has 1 aromatic carbocycles. The summed E-state index contributed by atoms with van der Waals surface area (Å²) >= 11 is 11.9. The van der Waals surface area contributed by atoms with Crippen LogP contribution in [0.15, 0.2) is 30.6 Å². The van der Waals surface area contributed by atoms with Gasteiger partial charge in [-0.1, -0.05) is 23.2 Å². The summed E-state index contributed by atoms with van der Waals surface area (Å²) in [6.45, 7) is 0.118. The van der Waals surface area contributed by atoms with Crippen molar-refractivity contribution in [2.75, 3.05) is 6.54 Å². The molecule has 0 saturated carbocycles. The highest BCUT2D eigenvalue weighted by molar-refractivity contribution is 6.36. The van der Waals surface area contributed by atoms with Gasteiger partial charge in [0.25, 0.3) is 5.91 Å². The molecule has 130 valence electrons. The van der Waals surface area contributed by atoms with Crippen LogP contribution >= 0.6 is 23.2 Å². The molecule has 0 radical (unpaired) electrons. The molecule has 0 fully saturated rings. The van der Waals surface area contributed by atoms with E-state index in [0.29, 0.717) is 33.9 Å². The van der Waals surface area contributed by atoms with Crippen LogP contribution in [-0.4, -0.2) is 21.8 Å². The summed E-state index contributed by atoms with van der Waals surface area (Å²) in [5.74, 6) is -5.40. The lowest BCUT2D eigenvalue weighted by molar-refractivity contribution is 0.0948. The molecule has 2 aromatic heterocycles. The summed E-state index contributed by atoms with van der Waals surface area (Å²) in [6.07, 6.45) is 3.65. The van der Waals surface area contributed by atoms with E-state index in [0.717, 1.165) is 6.07 Å². The highest BCUT2D eigenvalue weighted by atomic mass is 35.5. The molecule has 2 heterocycles. The molecular formula is C16H10Cl2F3N3O. The van der Waals surface area contributed by atoms with Crippen molar-refractivity contribution in [3.05, 3.63) is 69.3 Å². The average Bonchev–Trinajstić information content (AvgIpc) is 2.95. The summed E-state index contributed by atoms with van der Waals surface area (Å²) in [5, 5.41) is 3.26. The van der Waals surface area contributed by atoms with E-state index in [1.165, 1.54) is 0 Å². The number of halogens is 5. The molecule has 4 nitrogen and oxygen atoms in total. The van der Waals surface area contributed by atoms with Crippen molar-refractivity contribution in [2.24, 2.45) is 0 Å². The number of hydrogen-bond acceptors (Lipinski definition) is 2. The van der Waals surface area contributed by atoms with Crippen LogP contribution in [0.25, 0.3) is 5.65 Å². The number of amides is 1. The van der Waals surface area contributed by atoms with Gasteiger partial charge in [0.2, 0.25) is 0 Å². The van der Waals surface area contributed by atoms with Crippen LogP contribution in [0.2, 0.25) is 10.0 Å². The number of pyridine rings is 1. The molecular weight excluding hydrogens is 378 g/mol. The zero-order chi connectivity index (χ0) is 18.1. The number of carbonyl (C=O) groups excluding carboxylic acids is 1. The molecule has 1 N–H and O–H groups in total. The van der Waals surface area contributed by atoms with Crippen LogP contribution in [-0.2, 0) is 6.42 Å². The Morgan fingerprint density at radius 3 is 2.68 bits per heavy atom. The number of nitrogens with one attached hydrogen (secondary N) is 1. The summed E-state index contributed by atoms with van der Waals surface area (Å²) in [5.41, 5.74) is 0.568. The normalized spacial score (nSPS) is 11.1. The first kappa shape index (κ1) is 17.6. The quantitative estimate of drug-likeness (QED) is 0.686. The van der Waals surface area contributed by atoms with Crippen molar-refractivity contribution in [1.82, 2.24) is 14.7 Å². The second-order valence-corrected chi connectivity index (χ2v) is 6.04. The number of aromatic nitrogens is 2. The van der Waals surface area contributed by atoms with Crippen molar-refractivity contribution in [3.8, 4) is 0 Å². The smallest absolute Gasteiger partial charge is 0.254 e. The highest BCUT2D eigenvalue weighted by Crippen LogP contribution is 2.22. The summed E-state index contributed by atoms with van der Waals surface area (Å²) in [4.78, 5) is 16.2. The first-order valence-electron chi connectivity index (χ1n) is 7.11. The minimum absolute atomic E-state index is 0.118. The second kappa shape index (κ2) is 6.93. The van der Waals surface area contributed by atoms with E-state index in [9.17, 15) is 18.0 Å². The number of fused-ring (bicyclic) bond motifs is 1. The van der Waals surface area contributed by atoms with Gasteiger partial charge in [0.05, 0.1) is 21.3 Å². The minimum atomic E-state index is -1.68. The molecule has 3 rings (SSSR count). The zero-order valence-electron chi connectivity index (χ0n) is 12.5. The van der Waals surface area contributed by atoms with Crippen LogP contribution in [0.4, 0.5) is 13.2 Å². The van der Waals surface area contributed by atoms with E-state index >= 15 is 0 Å². The van der Waals surface area contributed by atoms with Gasteiger partial charge in [0.15, 0.2) is 23.1 Å². The summed E-state index contributed by atoms with van der Waals surface area (Å²) in [6, 6.07) is 3.14. The van der Waals surface area contributed by atoms with Gasteiger partial charge in [-0.3, -0.25) is 4.79 Å². The number of carbonyl (C=O) groups is 1. The van der Waals surface area contributed by atoms with Gasteiger partial charge in [0.1, 0.15) is 0 Å². The van der Waals surface area contributed by atoms with Gasteiger partial charge in [-0.2, -0.15) is 0 Å². The fourth-order valence-corrected chi connectivity index (χ4v) is 2.82. The van der Waals surface area contributed by atoms with Crippen LogP contribution < -0.4 is 5.32 Å². The molecule has 0 unspecified atom stereocenters. The predicted molar refractivity (Wildman–Crippen MR) is 87.6 cm³/mol. The van der Waals surface area contributed by atoms with Gasteiger partial charge in [0, 0.05) is 25.4 Å². The molecule has 0 bridgehead atoms. The lowest BCUT2D eigenvalue weighted by Crippen LogP contribution is -2.27. The van der Waals surface area contributed by atoms with Crippen LogP contribution in [0.3, 0.4) is 0 Å². The Bertz CT molecular complexity index is 975. The first-order valence-corrected chi connectivity index (χ1v) is 7.86. The summed E-state index contributed by atoms with van der Waals surface area (Å²) < 4.78 is 41.3. The number of nitrogens with zero attached hydrogens (tertiary/aromatic N) is 2. The topological polar surface area (TPSA) is 46.4 Å². The molecule has 25 heavy (non-hydrogen) atoms. The maximum Gasteiger partial charge on any atom is 0.254 e. The average molecular weight is 388 g/mol. The maximum absolute atomic E-state index is 13.6. The molecule has 9 heteroatoms. The minimum Gasteiger partial charge on any atom is -0.352 e. The van der Waals surface area contributed by atoms with Gasteiger partial charge in [-0.05, 0) is 18.2 Å². The Labute approximate surface area is 150 Å². The van der Waals surface area contributed by atoms with Crippen LogP contribution in [0.5, 0.6) is 0 Å². The standard InChI is InChI=1S/C16H10Cl2F3N3O/c17-8-5-11(18)15-23-9(7-24(15)6-8)3-4-22-16(25)10-1-2-12(19)14(21)13(10)20/h1-2,5-7H,3-4H2,(H,22,25). The largest absolute Gasteiger partial charge is 0.352 e. The van der Waals surface area contributed by atoms with Crippen molar-refractivity contribution < 1.29 is 18.0 Å². The molecule has 0 spiro atoms. The Hall–Kier alpha value is -2.25. The highest BCUT2D eigenvalue weighted by Gasteiger charge is 2.18. The SMILES string of the molecule is O=C(NCCc1cn2cc(Cl)cc(Cl)c2n1)c1ccc(F)c(F)c1F. The van der Waals surface area contributed by atoms with Gasteiger partial charge in [-0.25, -0.2) is 18.2 Å². The van der Waals surface area contributed by atoms with Crippen molar-refractivity contribution >= 4 is 34.8 Å². The second-order valence-electron chi connectivity index (χ2n) is 5.20. The molecule has 0 saturated heterocycles. The number of imidazole rings is 1. The van der Waals surface area contributed by atoms with Crippen LogP contribution in [0, 0.1) is 17.5 Å². The van der Waals surface area contributed by atoms with E-state index in [1.807, 2.05) is 0 Å². The Kier molecular flexibility index (Phi) is 4.87. The van der Waals surface area contributed by atoms with E-state index in [4.69, 9.17) is 23.2 Å². The Morgan fingerprint density at radius 2 is 1.92 bits per heavy atom. The Morgan fingerprint density at radius 1 is 1.16 bits per heavy atom. The Balaban J connectivity index is 1.68. The van der Waals surface area contributed by atoms with Gasteiger partial charge < -0.3 is 9.72 Å². The number of benzene rings is 1. The van der Waals surface area contributed by atoms with Gasteiger partial charge >= 0.3 is 0 Å². The van der Waals surface area contributed by atoms with E-state index in [-0.39, 0.29) is 6.54 Å². The lowest BCUT2D eigenvalue weighted by atomic mass is 10.2. The number of hydrogen-bond donors (Lipinski definition) is 1. The summed E-state index contributed by atoms with van der Waals surface area (Å²) in [7, 11) is 0. The molecule has 3 aromatic rings. The third-order valence-electron chi connectivity index (χ3n) is 3.47. The monoisotopic (exact) mass is 387 g/mol. The number of rotatable bonds is 4. The van der Waals surface area contributed by atoms with E-state index < -0.39 is 28.9 Å². The fourth-order valence-electron chi connectivity index (χ4n) is 2.30. The lowest BCUT2D eigenvalue weighted by Gasteiger charge is -2.06. The zero-order valence-corrected chi connectivity index (χ0v) is 14.0. The van der Waals surface area contributed by atoms with Gasteiger partial charge in [-0.15, -0.1) is 0 Å². The van der Waals surface area contributed by atoms with E-state index in [2.05, 4.69) is 10.3 Å². The van der Waals surface area contributed by atoms with Crippen LogP contribution in [0.1, 0.15) is 16.1 Å². The molecule has 0 aliphatic rings.